The molecule has 1 aromatic carbocycles. The molecular weight excluding hydrogens is 333 g/mol. The summed E-state index contributed by atoms with van der Waals surface area (Å²) in [5, 5.41) is 11.0. The van der Waals surface area contributed by atoms with Crippen LogP contribution in [0.4, 0.5) is 10.2 Å². The molecule has 1 aliphatic rings. The lowest BCUT2D eigenvalue weighted by Gasteiger charge is -2.32. The minimum atomic E-state index is -0.973. The summed E-state index contributed by atoms with van der Waals surface area (Å²) in [4.78, 5) is 8.38. The van der Waals surface area contributed by atoms with Gasteiger partial charge in [0.15, 0.2) is 5.65 Å². The fourth-order valence-electron chi connectivity index (χ4n) is 3.45. The Morgan fingerprint density at radius 2 is 2.08 bits per heavy atom. The van der Waals surface area contributed by atoms with Crippen LogP contribution in [0.5, 0.6) is 0 Å². The van der Waals surface area contributed by atoms with E-state index in [1.807, 2.05) is 18.2 Å². The first-order chi connectivity index (χ1) is 12.8. The molecule has 7 heteroatoms. The summed E-state index contributed by atoms with van der Waals surface area (Å²) >= 11 is 0. The normalized spacial score (nSPS) is 23.2. The number of nitrogens with zero attached hydrogens (tertiary/aromatic N) is 3. The predicted molar refractivity (Wildman–Crippen MR) is 97.7 cm³/mol. The summed E-state index contributed by atoms with van der Waals surface area (Å²) in [6.45, 7) is 0.550. The third-order valence-electron chi connectivity index (χ3n) is 4.87. The van der Waals surface area contributed by atoms with E-state index in [0.29, 0.717) is 30.9 Å². The number of H-pyrrole nitrogens is 1. The quantitative estimate of drug-likeness (QED) is 0.710. The number of nitrogens with one attached hydrogen (secondary N) is 2. The lowest BCUT2D eigenvalue weighted by Crippen LogP contribution is -2.39. The smallest absolute Gasteiger partial charge is 0.160 e. The van der Waals surface area contributed by atoms with Gasteiger partial charge in [-0.25, -0.2) is 14.4 Å². The molecule has 1 saturated carbocycles. The molecule has 6 nitrogen and oxygen atoms in total. The Morgan fingerprint density at radius 3 is 2.92 bits per heavy atom. The van der Waals surface area contributed by atoms with Gasteiger partial charge in [-0.2, -0.15) is 5.10 Å². The highest BCUT2D eigenvalue weighted by Gasteiger charge is 2.31. The molecule has 4 rings (SSSR count). The molecule has 1 aliphatic carbocycles. The van der Waals surface area contributed by atoms with Gasteiger partial charge >= 0.3 is 0 Å². The second kappa shape index (κ2) is 7.78. The topological polar surface area (TPSA) is 75.7 Å². The van der Waals surface area contributed by atoms with Gasteiger partial charge < -0.3 is 10.1 Å². The van der Waals surface area contributed by atoms with Crippen molar-refractivity contribution in [1.82, 2.24) is 20.2 Å². The summed E-state index contributed by atoms with van der Waals surface area (Å²) in [6, 6.07) is 10.2. The Bertz CT molecular complexity index is 840. The van der Waals surface area contributed by atoms with Crippen LogP contribution in [-0.4, -0.2) is 45.1 Å². The Balaban J connectivity index is 1.29. The molecule has 26 heavy (non-hydrogen) atoms. The van der Waals surface area contributed by atoms with Gasteiger partial charge in [-0.3, -0.25) is 5.10 Å². The number of aromatic nitrogens is 4. The maximum atomic E-state index is 14.6. The highest BCUT2D eigenvalue weighted by Crippen LogP contribution is 2.28. The van der Waals surface area contributed by atoms with Crippen molar-refractivity contribution in [1.29, 1.82) is 0 Å². The molecule has 2 N–H and O–H groups in total. The zero-order valence-corrected chi connectivity index (χ0v) is 14.4. The van der Waals surface area contributed by atoms with Crippen LogP contribution in [0.3, 0.4) is 0 Å². The summed E-state index contributed by atoms with van der Waals surface area (Å²) in [7, 11) is 0. The molecule has 0 bridgehead atoms. The molecule has 2 unspecified atom stereocenters. The van der Waals surface area contributed by atoms with Crippen molar-refractivity contribution in [2.75, 3.05) is 11.9 Å². The Kier molecular flexibility index (Phi) is 5.06. The van der Waals surface area contributed by atoms with Crippen LogP contribution in [0, 0.1) is 0 Å². The Morgan fingerprint density at radius 1 is 1.19 bits per heavy atom. The molecular formula is C19H22FN5O. The van der Waals surface area contributed by atoms with Crippen LogP contribution >= 0.6 is 0 Å². The third kappa shape index (κ3) is 3.83. The minimum Gasteiger partial charge on any atom is -0.375 e. The highest BCUT2D eigenvalue weighted by molar-refractivity contribution is 5.85. The fourth-order valence-corrected chi connectivity index (χ4v) is 3.45. The number of hydrogen-bond acceptors (Lipinski definition) is 5. The van der Waals surface area contributed by atoms with Gasteiger partial charge in [-0.15, -0.1) is 0 Å². The molecule has 2 heterocycles. The van der Waals surface area contributed by atoms with Crippen LogP contribution in [-0.2, 0) is 11.2 Å². The molecule has 3 atom stereocenters. The number of alkyl halides is 1. The van der Waals surface area contributed by atoms with Gasteiger partial charge in [0.05, 0.1) is 24.3 Å². The molecule has 3 aromatic rings. The number of rotatable bonds is 6. The maximum absolute atomic E-state index is 14.6. The molecule has 0 radical (unpaired) electrons. The predicted octanol–water partition coefficient (Wildman–Crippen LogP) is 3.28. The Labute approximate surface area is 151 Å². The minimum absolute atomic E-state index is 0.0342. The number of benzene rings is 1. The van der Waals surface area contributed by atoms with E-state index in [-0.39, 0.29) is 12.1 Å². The lowest BCUT2D eigenvalue weighted by atomic mass is 9.91. The van der Waals surface area contributed by atoms with Crippen LogP contribution < -0.4 is 5.32 Å². The summed E-state index contributed by atoms with van der Waals surface area (Å²) in [5.41, 5.74) is 1.89. The molecule has 136 valence electrons. The van der Waals surface area contributed by atoms with E-state index in [4.69, 9.17) is 4.74 Å². The first kappa shape index (κ1) is 16.9. The number of halogens is 1. The second-order valence-corrected chi connectivity index (χ2v) is 6.67. The van der Waals surface area contributed by atoms with E-state index in [2.05, 4.69) is 37.6 Å². The Hall–Kier alpha value is -2.54. The van der Waals surface area contributed by atoms with Crippen molar-refractivity contribution < 1.29 is 9.13 Å². The van der Waals surface area contributed by atoms with Crippen molar-refractivity contribution in [3.8, 4) is 0 Å². The summed E-state index contributed by atoms with van der Waals surface area (Å²) in [6.07, 6.45) is 4.64. The number of fused-ring (bicyclic) bond motifs is 1. The number of hydrogen-bond donors (Lipinski definition) is 2. The maximum Gasteiger partial charge on any atom is 0.160 e. The largest absolute Gasteiger partial charge is 0.375 e. The molecule has 0 saturated heterocycles. The average Bonchev–Trinajstić information content (AvgIpc) is 3.14. The molecule has 0 spiro atoms. The molecule has 0 amide bonds. The van der Waals surface area contributed by atoms with Gasteiger partial charge in [0.25, 0.3) is 0 Å². The second-order valence-electron chi connectivity index (χ2n) is 6.67. The van der Waals surface area contributed by atoms with Crippen molar-refractivity contribution in [3.05, 3.63) is 48.4 Å². The zero-order valence-electron chi connectivity index (χ0n) is 14.4. The number of ether oxygens (including phenoxy) is 1. The van der Waals surface area contributed by atoms with Gasteiger partial charge in [0.2, 0.25) is 0 Å². The van der Waals surface area contributed by atoms with Crippen molar-refractivity contribution in [2.45, 2.75) is 44.0 Å². The van der Waals surface area contributed by atoms with E-state index < -0.39 is 6.17 Å². The van der Waals surface area contributed by atoms with Crippen molar-refractivity contribution >= 4 is 16.9 Å². The zero-order chi connectivity index (χ0) is 17.8. The molecule has 2 aromatic heterocycles. The van der Waals surface area contributed by atoms with E-state index in [1.165, 1.54) is 11.9 Å². The highest BCUT2D eigenvalue weighted by atomic mass is 19.1. The summed E-state index contributed by atoms with van der Waals surface area (Å²) < 4.78 is 20.4. The first-order valence-corrected chi connectivity index (χ1v) is 9.00. The molecule has 1 fully saturated rings. The van der Waals surface area contributed by atoms with Crippen LogP contribution in [0.25, 0.3) is 11.0 Å². The first-order valence-electron chi connectivity index (χ1n) is 9.00. The van der Waals surface area contributed by atoms with Gasteiger partial charge in [0, 0.05) is 12.5 Å². The monoisotopic (exact) mass is 355 g/mol. The van der Waals surface area contributed by atoms with Crippen LogP contribution in [0.1, 0.15) is 24.8 Å². The van der Waals surface area contributed by atoms with Gasteiger partial charge in [-0.1, -0.05) is 30.3 Å². The molecule has 0 aliphatic heterocycles. The van der Waals surface area contributed by atoms with Gasteiger partial charge in [-0.05, 0) is 24.8 Å². The van der Waals surface area contributed by atoms with Crippen molar-refractivity contribution in [2.24, 2.45) is 0 Å². The van der Waals surface area contributed by atoms with Gasteiger partial charge in [0.1, 0.15) is 18.3 Å². The number of anilines is 1. The standard InChI is InChI=1S/C19H22FN5O/c20-16-10-14(24-18-15-11-23-25-19(15)22-12-21-18)6-7-17(16)26-9-8-13-4-2-1-3-5-13/h1-5,11-12,14,16-17H,6-10H2,(H2,21,22,23,24,25)/t14?,16?,17-/m0/s1. The van der Waals surface area contributed by atoms with Crippen LogP contribution in [0.2, 0.25) is 0 Å². The van der Waals surface area contributed by atoms with Crippen LogP contribution in [0.15, 0.2) is 42.9 Å². The van der Waals surface area contributed by atoms with E-state index in [9.17, 15) is 4.39 Å². The fraction of sp³-hybridized carbons (Fsp3) is 0.421. The van der Waals surface area contributed by atoms with E-state index in [0.717, 1.165) is 18.2 Å². The third-order valence-corrected chi connectivity index (χ3v) is 4.87. The summed E-state index contributed by atoms with van der Waals surface area (Å²) in [5.74, 6) is 0.699. The van der Waals surface area contributed by atoms with E-state index >= 15 is 0 Å². The lowest BCUT2D eigenvalue weighted by molar-refractivity contribution is -0.0252. The number of aromatic amines is 1. The van der Waals surface area contributed by atoms with Crippen molar-refractivity contribution in [3.63, 3.8) is 0 Å². The average molecular weight is 355 g/mol. The SMILES string of the molecule is FC1CC(Nc2ncnc3[nH]ncc23)CC[C@@H]1OCCc1ccccc1. The van der Waals surface area contributed by atoms with E-state index in [1.54, 1.807) is 6.20 Å².